The van der Waals surface area contributed by atoms with Crippen molar-refractivity contribution in [1.82, 2.24) is 0 Å². The third-order valence-corrected chi connectivity index (χ3v) is 14.0. The van der Waals surface area contributed by atoms with Crippen molar-refractivity contribution < 1.29 is 78.9 Å². The molecule has 63 heavy (non-hydrogen) atoms. The van der Waals surface area contributed by atoms with Crippen LogP contribution in [-0.4, -0.2) is 156 Å². The molecule has 5 aliphatic rings. The molecule has 0 aromatic carbocycles. The molecular weight excluding hydrogens is 821 g/mol. The number of carbonyl (C=O) groups excluding carboxylic acids is 2. The van der Waals surface area contributed by atoms with E-state index in [9.17, 15) is 50.4 Å². The van der Waals surface area contributed by atoms with Gasteiger partial charge in [-0.3, -0.25) is 9.59 Å². The maximum Gasteiger partial charge on any atom is 0.187 e. The van der Waals surface area contributed by atoms with E-state index in [0.717, 1.165) is 30.4 Å². The summed E-state index contributed by atoms with van der Waals surface area (Å²) in [7, 11) is 0. The number of Topliss-reactive ketones (excluding diaryl/α,β-unsaturated/α-hetero) is 2. The van der Waals surface area contributed by atoms with Crippen LogP contribution >= 0.6 is 0 Å². The topological polar surface area (TPSA) is 251 Å². The first-order valence-electron chi connectivity index (χ1n) is 22.6. The molecular formula is C47H74O16. The van der Waals surface area contributed by atoms with E-state index in [1.807, 2.05) is 59.8 Å². The van der Waals surface area contributed by atoms with Crippen LogP contribution in [0, 0.1) is 23.7 Å². The third-order valence-electron chi connectivity index (χ3n) is 14.0. The maximum atomic E-state index is 14.1. The van der Waals surface area contributed by atoms with E-state index < -0.39 is 110 Å². The Hall–Kier alpha value is -2.26. The number of aliphatic hydroxyl groups excluding tert-OH is 7. The molecule has 3 heterocycles. The van der Waals surface area contributed by atoms with Gasteiger partial charge in [0.2, 0.25) is 0 Å². The molecule has 0 amide bonds. The van der Waals surface area contributed by atoms with Crippen LogP contribution in [0.5, 0.6) is 0 Å². The molecule has 3 saturated heterocycles. The zero-order valence-electron chi connectivity index (χ0n) is 38.4. The molecule has 16 heteroatoms. The SMILES string of the molecule is CC(C)=CCC(=O)/C(C)=C/[C@@H]1C(=O)[C@@H]2CCC[C@@H]2[C@@H](C)[C@@]1(O)C/C=C(\C)[C@H](CC=C(C)C)O[C@H]1O[C@@H](C)[C@H](O[C@H]2O[C@@H](C)[C@H](O[C@H]3O[C@@H](C)[C@H](O)[C@@H](O)[C@@H]3O)[C@@H](O)[C@@H]2O)[C@@H](O)[C@@H]1O. The minimum Gasteiger partial charge on any atom is -0.388 e. The second-order valence-electron chi connectivity index (χ2n) is 19.2. The smallest absolute Gasteiger partial charge is 0.187 e. The first-order valence-corrected chi connectivity index (χ1v) is 22.6. The van der Waals surface area contributed by atoms with Gasteiger partial charge in [-0.2, -0.15) is 0 Å². The Morgan fingerprint density at radius 1 is 0.698 bits per heavy atom. The van der Waals surface area contributed by atoms with Gasteiger partial charge >= 0.3 is 0 Å². The third kappa shape index (κ3) is 11.5. The molecule has 21 atom stereocenters. The molecule has 3 aliphatic heterocycles. The van der Waals surface area contributed by atoms with E-state index in [-0.39, 0.29) is 42.2 Å². The Labute approximate surface area is 371 Å². The number of rotatable bonds is 15. The lowest BCUT2D eigenvalue weighted by Crippen LogP contribution is -2.65. The number of hydrogen-bond donors (Lipinski definition) is 8. The molecule has 0 aromatic rings. The first kappa shape index (κ1) is 51.7. The highest BCUT2D eigenvalue weighted by atomic mass is 16.8. The fraction of sp³-hybridized carbons (Fsp3) is 0.787. The summed E-state index contributed by atoms with van der Waals surface area (Å²) in [5, 5.41) is 88.3. The Morgan fingerprint density at radius 3 is 1.79 bits per heavy atom. The minimum atomic E-state index is -1.75. The highest BCUT2D eigenvalue weighted by Gasteiger charge is 2.57. The average molecular weight is 895 g/mol. The predicted octanol–water partition coefficient (Wildman–Crippen LogP) is 2.45. The van der Waals surface area contributed by atoms with E-state index in [4.69, 9.17) is 28.4 Å². The highest BCUT2D eigenvalue weighted by molar-refractivity contribution is 5.97. The summed E-state index contributed by atoms with van der Waals surface area (Å²) < 4.78 is 35.6. The number of ketones is 2. The van der Waals surface area contributed by atoms with Gasteiger partial charge in [0.1, 0.15) is 60.7 Å². The second kappa shape index (κ2) is 21.6. The lowest BCUT2D eigenvalue weighted by molar-refractivity contribution is -0.373. The molecule has 0 unspecified atom stereocenters. The van der Waals surface area contributed by atoms with Gasteiger partial charge in [-0.25, -0.2) is 0 Å². The first-order chi connectivity index (χ1) is 29.5. The normalized spacial score (nSPS) is 44.2. The van der Waals surface area contributed by atoms with Gasteiger partial charge in [-0.05, 0) is 111 Å². The maximum absolute atomic E-state index is 14.1. The van der Waals surface area contributed by atoms with Crippen molar-refractivity contribution in [3.63, 3.8) is 0 Å². The highest BCUT2D eigenvalue weighted by Crippen LogP contribution is 2.52. The van der Waals surface area contributed by atoms with Gasteiger partial charge in [0.15, 0.2) is 24.7 Å². The van der Waals surface area contributed by atoms with Crippen LogP contribution in [0.15, 0.2) is 46.6 Å². The van der Waals surface area contributed by atoms with Crippen molar-refractivity contribution >= 4 is 11.6 Å². The van der Waals surface area contributed by atoms with Crippen molar-refractivity contribution in [1.29, 1.82) is 0 Å². The molecule has 358 valence electrons. The summed E-state index contributed by atoms with van der Waals surface area (Å²) in [5.74, 6) is -1.44. The fourth-order valence-corrected chi connectivity index (χ4v) is 9.77. The zero-order valence-corrected chi connectivity index (χ0v) is 38.4. The predicted molar refractivity (Wildman–Crippen MR) is 228 cm³/mol. The lowest BCUT2D eigenvalue weighted by atomic mass is 9.58. The molecule has 0 aromatic heterocycles. The molecule has 16 nitrogen and oxygen atoms in total. The van der Waals surface area contributed by atoms with Crippen molar-refractivity contribution in [2.75, 3.05) is 0 Å². The summed E-state index contributed by atoms with van der Waals surface area (Å²) in [6.45, 7) is 17.8. The van der Waals surface area contributed by atoms with Crippen LogP contribution in [-0.2, 0) is 38.0 Å². The average Bonchev–Trinajstić information content (AvgIpc) is 3.73. The fourth-order valence-electron chi connectivity index (χ4n) is 9.77. The van der Waals surface area contributed by atoms with Crippen LogP contribution in [0.2, 0.25) is 0 Å². The second-order valence-corrected chi connectivity index (χ2v) is 19.2. The minimum absolute atomic E-state index is 0.0190. The number of ether oxygens (including phenoxy) is 6. The van der Waals surface area contributed by atoms with Crippen LogP contribution < -0.4 is 0 Å². The number of carbonyl (C=O) groups is 2. The molecule has 0 spiro atoms. The molecule has 5 rings (SSSR count). The molecule has 2 aliphatic carbocycles. The number of aliphatic hydroxyl groups is 8. The summed E-state index contributed by atoms with van der Waals surface area (Å²) in [5.41, 5.74) is 1.65. The summed E-state index contributed by atoms with van der Waals surface area (Å²) in [6.07, 6.45) is -11.2. The van der Waals surface area contributed by atoms with E-state index in [1.54, 1.807) is 19.9 Å². The van der Waals surface area contributed by atoms with Crippen LogP contribution in [0.25, 0.3) is 0 Å². The zero-order chi connectivity index (χ0) is 46.8. The van der Waals surface area contributed by atoms with Gasteiger partial charge in [0.05, 0.1) is 35.9 Å². The van der Waals surface area contributed by atoms with Gasteiger partial charge in [0.25, 0.3) is 0 Å². The van der Waals surface area contributed by atoms with Crippen molar-refractivity contribution in [3.05, 3.63) is 46.6 Å². The van der Waals surface area contributed by atoms with Gasteiger partial charge in [-0.1, -0.05) is 48.8 Å². The Morgan fingerprint density at radius 2 is 1.22 bits per heavy atom. The van der Waals surface area contributed by atoms with E-state index in [1.165, 1.54) is 13.8 Å². The van der Waals surface area contributed by atoms with E-state index >= 15 is 0 Å². The molecule has 5 fully saturated rings. The van der Waals surface area contributed by atoms with E-state index in [0.29, 0.717) is 17.6 Å². The number of allylic oxidation sites excluding steroid dienone is 4. The summed E-state index contributed by atoms with van der Waals surface area (Å²) in [4.78, 5) is 27.2. The quantitative estimate of drug-likeness (QED) is 0.0869. The van der Waals surface area contributed by atoms with Gasteiger partial charge in [-0.15, -0.1) is 0 Å². The standard InChI is InChI=1S/C47H74O16/c1-21(2)14-16-32(48)24(6)20-31-35(50)30-13-11-12-29(30)25(7)47(31,57)19-18-23(5)33(17-15-22(3)4)61-44-40(55)37(52)42(27(9)59-44)63-46-41(56)38(53)43(28(10)60-46)62-45-39(54)36(51)34(49)26(8)58-45/h14-15,18,20,25-31,33-34,36-46,49,51-57H,11-13,16-17,19H2,1-10H3/b23-18+,24-20+/t25-,26+,27+,28+,29-,30-,31-,33+,34+,36-,37+,38+,39+,40+,41+,42+,43+,44-,45-,46-,47+/m1/s1. The van der Waals surface area contributed by atoms with Crippen LogP contribution in [0.4, 0.5) is 0 Å². The molecule has 0 radical (unpaired) electrons. The monoisotopic (exact) mass is 894 g/mol. The summed E-state index contributed by atoms with van der Waals surface area (Å²) in [6, 6.07) is 0. The molecule has 0 bridgehead atoms. The number of hydrogen-bond acceptors (Lipinski definition) is 16. The van der Waals surface area contributed by atoms with Gasteiger partial charge in [0, 0.05) is 12.3 Å². The van der Waals surface area contributed by atoms with Crippen LogP contribution in [0.1, 0.15) is 108 Å². The Bertz CT molecular complexity index is 1700. The Kier molecular flexibility index (Phi) is 17.7. The molecule has 8 N–H and O–H groups in total. The van der Waals surface area contributed by atoms with Crippen molar-refractivity contribution in [2.24, 2.45) is 23.7 Å². The Balaban J connectivity index is 1.29. The molecule has 2 saturated carbocycles. The van der Waals surface area contributed by atoms with E-state index in [2.05, 4.69) is 0 Å². The number of fused-ring (bicyclic) bond motifs is 1. The summed E-state index contributed by atoms with van der Waals surface area (Å²) >= 11 is 0. The van der Waals surface area contributed by atoms with Gasteiger partial charge < -0.3 is 69.3 Å². The lowest BCUT2D eigenvalue weighted by Gasteiger charge is -2.48. The largest absolute Gasteiger partial charge is 0.388 e. The van der Waals surface area contributed by atoms with Crippen molar-refractivity contribution in [3.8, 4) is 0 Å². The van der Waals surface area contributed by atoms with Crippen molar-refractivity contribution in [2.45, 2.75) is 212 Å². The van der Waals surface area contributed by atoms with Crippen LogP contribution in [0.3, 0.4) is 0 Å².